The van der Waals surface area contributed by atoms with Crippen molar-refractivity contribution >= 4 is 12.0 Å². The molecule has 2 amide bonds. The Kier molecular flexibility index (Phi) is 5.20. The van der Waals surface area contributed by atoms with E-state index in [4.69, 9.17) is 4.74 Å². The minimum Gasteiger partial charge on any atom is -0.481 e. The number of ether oxygens (including phenoxy) is 1. The molecule has 2 rings (SSSR count). The Bertz CT molecular complexity index is 608. The zero-order chi connectivity index (χ0) is 17.0. The molecule has 1 aromatic rings. The van der Waals surface area contributed by atoms with Crippen LogP contribution >= 0.6 is 0 Å². The summed E-state index contributed by atoms with van der Waals surface area (Å²) in [5.41, 5.74) is 0.296. The van der Waals surface area contributed by atoms with Gasteiger partial charge in [-0.25, -0.2) is 9.18 Å². The van der Waals surface area contributed by atoms with E-state index < -0.39 is 11.4 Å². The molecule has 1 fully saturated rings. The van der Waals surface area contributed by atoms with Crippen molar-refractivity contribution in [3.63, 3.8) is 0 Å². The topological polar surface area (TPSA) is 78.9 Å². The number of benzene rings is 1. The molecule has 0 saturated carbocycles. The maximum Gasteiger partial charge on any atom is 0.317 e. The van der Waals surface area contributed by atoms with Crippen molar-refractivity contribution < 1.29 is 23.8 Å². The molecule has 6 nitrogen and oxygen atoms in total. The minimum atomic E-state index is -0.893. The van der Waals surface area contributed by atoms with Crippen molar-refractivity contribution in [2.75, 3.05) is 20.2 Å². The lowest BCUT2D eigenvalue weighted by atomic mass is 9.90. The maximum absolute atomic E-state index is 13.5. The van der Waals surface area contributed by atoms with Gasteiger partial charge in [-0.3, -0.25) is 4.79 Å². The first kappa shape index (κ1) is 17.2. The van der Waals surface area contributed by atoms with E-state index in [0.29, 0.717) is 18.5 Å². The number of urea groups is 1. The van der Waals surface area contributed by atoms with Gasteiger partial charge in [-0.2, -0.15) is 0 Å². The van der Waals surface area contributed by atoms with Gasteiger partial charge >= 0.3 is 12.0 Å². The van der Waals surface area contributed by atoms with Gasteiger partial charge in [0.25, 0.3) is 0 Å². The van der Waals surface area contributed by atoms with Crippen LogP contribution in [-0.2, 0) is 22.7 Å². The van der Waals surface area contributed by atoms with Gasteiger partial charge in [0.15, 0.2) is 0 Å². The average molecular weight is 324 g/mol. The van der Waals surface area contributed by atoms with Crippen molar-refractivity contribution in [1.29, 1.82) is 0 Å². The summed E-state index contributed by atoms with van der Waals surface area (Å²) >= 11 is 0. The normalized spacial score (nSPS) is 20.6. The molecule has 0 spiro atoms. The number of rotatable bonds is 5. The van der Waals surface area contributed by atoms with Crippen LogP contribution in [0, 0.1) is 11.2 Å². The number of carboxylic acid groups (broad SMARTS) is 1. The summed E-state index contributed by atoms with van der Waals surface area (Å²) in [6, 6.07) is 4.27. The second kappa shape index (κ2) is 6.95. The van der Waals surface area contributed by atoms with Gasteiger partial charge in [-0.15, -0.1) is 0 Å². The fourth-order valence-electron chi connectivity index (χ4n) is 2.60. The standard InChI is InChI=1S/C16H21FN2O4/c1-16(14(20)21)5-6-19(10-16)15(22)18-8-11-3-4-13(17)12(7-11)9-23-2/h3-4,7H,5-6,8-10H2,1-2H3,(H,18,22)(H,20,21). The van der Waals surface area contributed by atoms with E-state index in [9.17, 15) is 19.1 Å². The molecule has 2 N–H and O–H groups in total. The van der Waals surface area contributed by atoms with E-state index in [0.717, 1.165) is 5.56 Å². The zero-order valence-electron chi connectivity index (χ0n) is 13.3. The van der Waals surface area contributed by atoms with Crippen molar-refractivity contribution in [3.8, 4) is 0 Å². The number of aliphatic carboxylic acids is 1. The van der Waals surface area contributed by atoms with E-state index in [-0.39, 0.29) is 31.5 Å². The molecule has 126 valence electrons. The van der Waals surface area contributed by atoms with Crippen LogP contribution in [-0.4, -0.2) is 42.2 Å². The highest BCUT2D eigenvalue weighted by Gasteiger charge is 2.42. The Morgan fingerprint density at radius 2 is 2.22 bits per heavy atom. The highest BCUT2D eigenvalue weighted by atomic mass is 19.1. The van der Waals surface area contributed by atoms with Crippen LogP contribution in [0.5, 0.6) is 0 Å². The summed E-state index contributed by atoms with van der Waals surface area (Å²) in [5, 5.41) is 11.9. The predicted molar refractivity (Wildman–Crippen MR) is 81.3 cm³/mol. The Balaban J connectivity index is 1.93. The summed E-state index contributed by atoms with van der Waals surface area (Å²) in [4.78, 5) is 24.8. The molecule has 1 saturated heterocycles. The van der Waals surface area contributed by atoms with Gasteiger partial charge in [-0.05, 0) is 31.0 Å². The van der Waals surface area contributed by atoms with E-state index >= 15 is 0 Å². The molecule has 0 bridgehead atoms. The number of likely N-dealkylation sites (tertiary alicyclic amines) is 1. The van der Waals surface area contributed by atoms with Gasteiger partial charge in [0.05, 0.1) is 12.0 Å². The average Bonchev–Trinajstić information content (AvgIpc) is 2.92. The highest BCUT2D eigenvalue weighted by molar-refractivity contribution is 5.79. The first-order valence-corrected chi connectivity index (χ1v) is 7.38. The van der Waals surface area contributed by atoms with Gasteiger partial charge in [0.1, 0.15) is 5.82 Å². The van der Waals surface area contributed by atoms with Crippen LogP contribution in [0.25, 0.3) is 0 Å². The second-order valence-electron chi connectivity index (χ2n) is 6.05. The number of carboxylic acids is 1. The van der Waals surface area contributed by atoms with Crippen LogP contribution in [0.1, 0.15) is 24.5 Å². The number of carbonyl (C=O) groups is 2. The summed E-state index contributed by atoms with van der Waals surface area (Å²) in [7, 11) is 1.49. The van der Waals surface area contributed by atoms with Crippen molar-refractivity contribution in [3.05, 3.63) is 35.1 Å². The second-order valence-corrected chi connectivity index (χ2v) is 6.05. The first-order valence-electron chi connectivity index (χ1n) is 7.38. The Labute approximate surface area is 134 Å². The van der Waals surface area contributed by atoms with Gasteiger partial charge in [0.2, 0.25) is 0 Å². The van der Waals surface area contributed by atoms with E-state index in [1.165, 1.54) is 18.1 Å². The minimum absolute atomic E-state index is 0.163. The van der Waals surface area contributed by atoms with Gasteiger partial charge in [0, 0.05) is 32.3 Å². The van der Waals surface area contributed by atoms with Crippen LogP contribution < -0.4 is 5.32 Å². The number of nitrogens with zero attached hydrogens (tertiary/aromatic N) is 1. The monoisotopic (exact) mass is 324 g/mol. The molecular weight excluding hydrogens is 303 g/mol. The highest BCUT2D eigenvalue weighted by Crippen LogP contribution is 2.30. The molecular formula is C16H21FN2O4. The SMILES string of the molecule is COCc1cc(CNC(=O)N2CCC(C)(C(=O)O)C2)ccc1F. The quantitative estimate of drug-likeness (QED) is 0.868. The van der Waals surface area contributed by atoms with Crippen LogP contribution in [0.3, 0.4) is 0 Å². The molecule has 1 heterocycles. The van der Waals surface area contributed by atoms with E-state index in [1.54, 1.807) is 19.1 Å². The molecule has 0 aliphatic carbocycles. The smallest absolute Gasteiger partial charge is 0.317 e. The predicted octanol–water partition coefficient (Wildman–Crippen LogP) is 1.98. The van der Waals surface area contributed by atoms with Crippen molar-refractivity contribution in [2.24, 2.45) is 5.41 Å². The molecule has 1 aliphatic heterocycles. The Morgan fingerprint density at radius 3 is 2.83 bits per heavy atom. The molecule has 7 heteroatoms. The fourth-order valence-corrected chi connectivity index (χ4v) is 2.60. The van der Waals surface area contributed by atoms with Crippen LogP contribution in [0.15, 0.2) is 18.2 Å². The van der Waals surface area contributed by atoms with E-state index in [2.05, 4.69) is 5.32 Å². The van der Waals surface area contributed by atoms with Crippen LogP contribution in [0.4, 0.5) is 9.18 Å². The van der Waals surface area contributed by atoms with Gasteiger partial charge < -0.3 is 20.1 Å². The third-order valence-electron chi connectivity index (χ3n) is 4.13. The van der Waals surface area contributed by atoms with Crippen LogP contribution in [0.2, 0.25) is 0 Å². The molecule has 1 atom stereocenters. The Morgan fingerprint density at radius 1 is 1.48 bits per heavy atom. The molecule has 1 aliphatic rings. The summed E-state index contributed by atoms with van der Waals surface area (Å²) in [6.45, 7) is 2.64. The lowest BCUT2D eigenvalue weighted by Crippen LogP contribution is -2.40. The molecule has 1 unspecified atom stereocenters. The third-order valence-corrected chi connectivity index (χ3v) is 4.13. The van der Waals surface area contributed by atoms with Gasteiger partial charge in [-0.1, -0.05) is 6.07 Å². The third kappa shape index (κ3) is 3.98. The fraction of sp³-hybridized carbons (Fsp3) is 0.500. The number of methoxy groups -OCH3 is 1. The number of halogens is 1. The number of nitrogens with one attached hydrogen (secondary N) is 1. The van der Waals surface area contributed by atoms with Crippen molar-refractivity contribution in [1.82, 2.24) is 10.2 Å². The largest absolute Gasteiger partial charge is 0.481 e. The number of hydrogen-bond acceptors (Lipinski definition) is 3. The number of carbonyl (C=O) groups excluding carboxylic acids is 1. The number of amides is 2. The zero-order valence-corrected chi connectivity index (χ0v) is 13.3. The summed E-state index contributed by atoms with van der Waals surface area (Å²) in [6.07, 6.45) is 0.435. The summed E-state index contributed by atoms with van der Waals surface area (Å²) < 4.78 is 18.5. The molecule has 1 aromatic carbocycles. The maximum atomic E-state index is 13.5. The van der Waals surface area contributed by atoms with Crippen molar-refractivity contribution in [2.45, 2.75) is 26.5 Å². The Hall–Kier alpha value is -2.15. The molecule has 0 aromatic heterocycles. The van der Waals surface area contributed by atoms with E-state index in [1.807, 2.05) is 0 Å². The molecule has 23 heavy (non-hydrogen) atoms. The lowest BCUT2D eigenvalue weighted by Gasteiger charge is -2.20. The lowest BCUT2D eigenvalue weighted by molar-refractivity contribution is -0.147. The number of hydrogen-bond donors (Lipinski definition) is 2. The summed E-state index contributed by atoms with van der Waals surface area (Å²) in [5.74, 6) is -1.24. The molecule has 0 radical (unpaired) electrons. The first-order chi connectivity index (χ1) is 10.9.